The van der Waals surface area contributed by atoms with Gasteiger partial charge in [-0.25, -0.2) is 4.39 Å². The highest BCUT2D eigenvalue weighted by molar-refractivity contribution is 5.85. The summed E-state index contributed by atoms with van der Waals surface area (Å²) in [4.78, 5) is 16.8. The lowest BCUT2D eigenvalue weighted by Crippen LogP contribution is -2.38. The molecular formula is C18H25FN2O3. The molecule has 0 N–H and O–H groups in total. The van der Waals surface area contributed by atoms with E-state index in [9.17, 15) is 9.18 Å². The van der Waals surface area contributed by atoms with Crippen LogP contribution in [0.1, 0.15) is 18.4 Å². The Hall–Kier alpha value is -1.66. The van der Waals surface area contributed by atoms with Crippen LogP contribution in [0.15, 0.2) is 18.2 Å². The molecule has 3 rings (SSSR count). The van der Waals surface area contributed by atoms with Gasteiger partial charge < -0.3 is 14.4 Å². The Morgan fingerprint density at radius 3 is 2.75 bits per heavy atom. The molecule has 2 aliphatic rings. The molecule has 2 fully saturated rings. The van der Waals surface area contributed by atoms with Crippen molar-refractivity contribution in [2.45, 2.75) is 19.4 Å². The van der Waals surface area contributed by atoms with Gasteiger partial charge in [0.1, 0.15) is 11.6 Å². The van der Waals surface area contributed by atoms with Gasteiger partial charge in [0.2, 0.25) is 5.91 Å². The van der Waals surface area contributed by atoms with E-state index in [1.165, 1.54) is 13.2 Å². The molecule has 1 aromatic carbocycles. The van der Waals surface area contributed by atoms with Crippen LogP contribution in [0.4, 0.5) is 4.39 Å². The van der Waals surface area contributed by atoms with Crippen molar-refractivity contribution in [3.63, 3.8) is 0 Å². The molecular weight excluding hydrogens is 311 g/mol. The Morgan fingerprint density at radius 2 is 2.04 bits per heavy atom. The molecule has 0 bridgehead atoms. The van der Waals surface area contributed by atoms with E-state index in [-0.39, 0.29) is 17.1 Å². The first-order valence-corrected chi connectivity index (χ1v) is 8.41. The molecule has 5 nitrogen and oxygen atoms in total. The third-order valence-electron chi connectivity index (χ3n) is 5.25. The van der Waals surface area contributed by atoms with Crippen LogP contribution in [-0.2, 0) is 16.1 Å². The van der Waals surface area contributed by atoms with Crippen LogP contribution in [0.3, 0.4) is 0 Å². The Bertz CT molecular complexity index is 610. The summed E-state index contributed by atoms with van der Waals surface area (Å²) in [7, 11) is 3.18. The van der Waals surface area contributed by atoms with Gasteiger partial charge >= 0.3 is 0 Å². The van der Waals surface area contributed by atoms with Gasteiger partial charge in [-0.3, -0.25) is 9.69 Å². The van der Waals surface area contributed by atoms with Crippen molar-refractivity contribution < 1.29 is 18.7 Å². The van der Waals surface area contributed by atoms with Crippen LogP contribution >= 0.6 is 0 Å². The Labute approximate surface area is 142 Å². The van der Waals surface area contributed by atoms with E-state index in [0.29, 0.717) is 37.6 Å². The van der Waals surface area contributed by atoms with E-state index >= 15 is 0 Å². The smallest absolute Gasteiger partial charge is 0.230 e. The summed E-state index contributed by atoms with van der Waals surface area (Å²) in [5.74, 6) is 0.501. The lowest BCUT2D eigenvalue weighted by atomic mass is 9.85. The topological polar surface area (TPSA) is 42.0 Å². The molecule has 1 spiro atoms. The highest BCUT2D eigenvalue weighted by Crippen LogP contribution is 2.41. The average Bonchev–Trinajstić information content (AvgIpc) is 3.13. The molecule has 6 heteroatoms. The van der Waals surface area contributed by atoms with Gasteiger partial charge in [-0.1, -0.05) is 6.07 Å². The number of hydrogen-bond donors (Lipinski definition) is 0. The number of carbonyl (C=O) groups is 1. The van der Waals surface area contributed by atoms with Crippen molar-refractivity contribution >= 4 is 5.91 Å². The zero-order valence-corrected chi connectivity index (χ0v) is 14.4. The molecule has 1 amide bonds. The molecule has 1 atom stereocenters. The Morgan fingerprint density at radius 1 is 1.25 bits per heavy atom. The van der Waals surface area contributed by atoms with E-state index in [1.54, 1.807) is 19.2 Å². The van der Waals surface area contributed by atoms with Crippen molar-refractivity contribution in [1.29, 1.82) is 0 Å². The first kappa shape index (κ1) is 17.2. The zero-order valence-electron chi connectivity index (χ0n) is 14.4. The van der Waals surface area contributed by atoms with Crippen LogP contribution < -0.4 is 4.74 Å². The number of methoxy groups -OCH3 is 2. The van der Waals surface area contributed by atoms with Gasteiger partial charge in [-0.05, 0) is 25.5 Å². The maximum absolute atomic E-state index is 14.1. The van der Waals surface area contributed by atoms with Gasteiger partial charge in [0, 0.05) is 44.9 Å². The molecule has 0 aliphatic carbocycles. The maximum Gasteiger partial charge on any atom is 0.230 e. The van der Waals surface area contributed by atoms with Crippen molar-refractivity contribution in [2.75, 3.05) is 47.0 Å². The maximum atomic E-state index is 14.1. The van der Waals surface area contributed by atoms with Gasteiger partial charge in [-0.15, -0.1) is 0 Å². The zero-order chi connectivity index (χ0) is 17.2. The predicted octanol–water partition coefficient (Wildman–Crippen LogP) is 1.91. The Kier molecular flexibility index (Phi) is 5.06. The number of carbonyl (C=O) groups excluding carboxylic acids is 1. The number of halogens is 1. The summed E-state index contributed by atoms with van der Waals surface area (Å²) in [6.45, 7) is 4.10. The minimum Gasteiger partial charge on any atom is -0.497 e. The van der Waals surface area contributed by atoms with Gasteiger partial charge in [-0.2, -0.15) is 0 Å². The second-order valence-electron chi connectivity index (χ2n) is 6.73. The normalized spacial score (nSPS) is 24.3. The van der Waals surface area contributed by atoms with E-state index in [0.717, 1.165) is 25.9 Å². The number of likely N-dealkylation sites (tertiary alicyclic amines) is 2. The van der Waals surface area contributed by atoms with Crippen LogP contribution in [-0.4, -0.2) is 62.7 Å². The van der Waals surface area contributed by atoms with Gasteiger partial charge in [0.15, 0.2) is 0 Å². The number of nitrogens with zero attached hydrogens (tertiary/aromatic N) is 2. The number of ether oxygens (including phenoxy) is 2. The third kappa shape index (κ3) is 3.26. The summed E-state index contributed by atoms with van der Waals surface area (Å²) >= 11 is 0. The van der Waals surface area contributed by atoms with Crippen LogP contribution in [0.2, 0.25) is 0 Å². The van der Waals surface area contributed by atoms with Crippen molar-refractivity contribution in [1.82, 2.24) is 9.80 Å². The lowest BCUT2D eigenvalue weighted by Gasteiger charge is -2.23. The standard InChI is InChI=1S/C18H25FN2O3/c1-23-10-9-21-8-6-18(17(21)22)5-7-20(13-18)12-14-3-4-15(24-2)11-16(14)19/h3-4,11H,5-10,12-13H2,1-2H3. The highest BCUT2D eigenvalue weighted by Gasteiger charge is 2.50. The SMILES string of the molecule is COCCN1CCC2(CCN(Cc3ccc(OC)cc3F)C2)C1=O. The lowest BCUT2D eigenvalue weighted by molar-refractivity contribution is -0.136. The highest BCUT2D eigenvalue weighted by atomic mass is 19.1. The van der Waals surface area contributed by atoms with E-state index in [2.05, 4.69) is 4.90 Å². The van der Waals surface area contributed by atoms with Crippen molar-refractivity contribution in [3.8, 4) is 5.75 Å². The number of hydrogen-bond acceptors (Lipinski definition) is 4. The van der Waals surface area contributed by atoms with Crippen molar-refractivity contribution in [2.24, 2.45) is 5.41 Å². The first-order chi connectivity index (χ1) is 11.6. The first-order valence-electron chi connectivity index (χ1n) is 8.41. The van der Waals surface area contributed by atoms with Crippen LogP contribution in [0.25, 0.3) is 0 Å². The number of amides is 1. The minimum absolute atomic E-state index is 0.234. The molecule has 132 valence electrons. The van der Waals surface area contributed by atoms with Gasteiger partial charge in [0.25, 0.3) is 0 Å². The molecule has 24 heavy (non-hydrogen) atoms. The Balaban J connectivity index is 1.62. The predicted molar refractivity (Wildman–Crippen MR) is 88.4 cm³/mol. The van der Waals surface area contributed by atoms with Crippen molar-refractivity contribution in [3.05, 3.63) is 29.6 Å². The van der Waals surface area contributed by atoms with E-state index in [4.69, 9.17) is 9.47 Å². The second kappa shape index (κ2) is 7.07. The third-order valence-corrected chi connectivity index (χ3v) is 5.25. The molecule has 2 saturated heterocycles. The molecule has 2 aliphatic heterocycles. The van der Waals surface area contributed by atoms with E-state index < -0.39 is 0 Å². The summed E-state index contributed by atoms with van der Waals surface area (Å²) < 4.78 is 24.3. The average molecular weight is 336 g/mol. The van der Waals surface area contributed by atoms with E-state index in [1.807, 2.05) is 4.90 Å². The largest absolute Gasteiger partial charge is 0.497 e. The molecule has 1 aromatic rings. The quantitative estimate of drug-likeness (QED) is 0.796. The molecule has 0 saturated carbocycles. The van der Waals surface area contributed by atoms with Crippen LogP contribution in [0, 0.1) is 11.2 Å². The monoisotopic (exact) mass is 336 g/mol. The summed E-state index contributed by atoms with van der Waals surface area (Å²) in [5.41, 5.74) is 0.367. The fourth-order valence-electron chi connectivity index (χ4n) is 3.80. The number of rotatable bonds is 6. The fraction of sp³-hybridized carbons (Fsp3) is 0.611. The molecule has 0 aromatic heterocycles. The molecule has 2 heterocycles. The fourth-order valence-corrected chi connectivity index (χ4v) is 3.80. The van der Waals surface area contributed by atoms with Gasteiger partial charge in [0.05, 0.1) is 19.1 Å². The molecule has 0 radical (unpaired) electrons. The summed E-state index contributed by atoms with van der Waals surface area (Å²) in [6, 6.07) is 4.95. The molecule has 1 unspecified atom stereocenters. The van der Waals surface area contributed by atoms with Crippen LogP contribution in [0.5, 0.6) is 5.75 Å². The summed E-state index contributed by atoms with van der Waals surface area (Å²) in [6.07, 6.45) is 1.74. The second-order valence-corrected chi connectivity index (χ2v) is 6.73. The number of benzene rings is 1. The minimum atomic E-state index is -0.281. The summed E-state index contributed by atoms with van der Waals surface area (Å²) in [5, 5.41) is 0.